The number of piperazine rings is 1. The highest BCUT2D eigenvalue weighted by molar-refractivity contribution is 6.19. The van der Waals surface area contributed by atoms with E-state index in [2.05, 4.69) is 23.3 Å². The fourth-order valence-electron chi connectivity index (χ4n) is 1.85. The van der Waals surface area contributed by atoms with Crippen molar-refractivity contribution in [3.8, 4) is 0 Å². The fraction of sp³-hybridized carbons (Fsp3) is 0.818. The Kier molecular flexibility index (Phi) is 5.53. The first kappa shape index (κ1) is 12.0. The number of alkyl halides is 1. The molecule has 1 aliphatic rings. The van der Waals surface area contributed by atoms with Crippen molar-refractivity contribution in [2.75, 3.05) is 45.1 Å². The summed E-state index contributed by atoms with van der Waals surface area (Å²) in [5.41, 5.74) is 1.13. The van der Waals surface area contributed by atoms with Gasteiger partial charge >= 0.3 is 0 Å². The SMILES string of the molecule is C=C(CCl)CN1CCN(CCC)CC1. The van der Waals surface area contributed by atoms with Crippen LogP contribution in [0.2, 0.25) is 0 Å². The highest BCUT2D eigenvalue weighted by Gasteiger charge is 2.15. The number of halogens is 1. The molecule has 0 unspecified atom stereocenters. The van der Waals surface area contributed by atoms with E-state index in [0.717, 1.165) is 25.2 Å². The van der Waals surface area contributed by atoms with E-state index in [4.69, 9.17) is 11.6 Å². The predicted molar refractivity (Wildman–Crippen MR) is 63.0 cm³/mol. The Labute approximate surface area is 92.5 Å². The molecule has 0 aromatic rings. The largest absolute Gasteiger partial charge is 0.301 e. The molecule has 0 spiro atoms. The van der Waals surface area contributed by atoms with Gasteiger partial charge in [0.15, 0.2) is 0 Å². The molecule has 0 amide bonds. The van der Waals surface area contributed by atoms with E-state index in [1.807, 2.05) is 0 Å². The molecule has 0 aromatic heterocycles. The van der Waals surface area contributed by atoms with Crippen LogP contribution < -0.4 is 0 Å². The first-order valence-electron chi connectivity index (χ1n) is 5.43. The van der Waals surface area contributed by atoms with Gasteiger partial charge in [0.2, 0.25) is 0 Å². The van der Waals surface area contributed by atoms with Gasteiger partial charge in [0.25, 0.3) is 0 Å². The van der Waals surface area contributed by atoms with Crippen LogP contribution in [0.1, 0.15) is 13.3 Å². The molecular weight excluding hydrogens is 196 g/mol. The Balaban J connectivity index is 2.18. The van der Waals surface area contributed by atoms with Gasteiger partial charge in [-0.1, -0.05) is 13.5 Å². The van der Waals surface area contributed by atoms with Gasteiger partial charge in [-0.25, -0.2) is 0 Å². The zero-order chi connectivity index (χ0) is 10.4. The van der Waals surface area contributed by atoms with E-state index in [1.54, 1.807) is 0 Å². The molecule has 1 fully saturated rings. The third kappa shape index (κ3) is 3.99. The van der Waals surface area contributed by atoms with E-state index in [0.29, 0.717) is 5.88 Å². The van der Waals surface area contributed by atoms with Crippen LogP contribution in [0, 0.1) is 0 Å². The normalized spacial score (nSPS) is 19.9. The average Bonchev–Trinajstić information content (AvgIpc) is 2.21. The minimum Gasteiger partial charge on any atom is -0.301 e. The second-order valence-electron chi connectivity index (χ2n) is 4.00. The number of nitrogens with zero attached hydrogens (tertiary/aromatic N) is 2. The number of rotatable bonds is 5. The summed E-state index contributed by atoms with van der Waals surface area (Å²) >= 11 is 5.71. The maximum atomic E-state index is 5.71. The third-order valence-corrected chi connectivity index (χ3v) is 3.02. The summed E-state index contributed by atoms with van der Waals surface area (Å²) in [4.78, 5) is 4.97. The minimum atomic E-state index is 0.592. The second kappa shape index (κ2) is 6.44. The van der Waals surface area contributed by atoms with Crippen LogP contribution in [-0.2, 0) is 0 Å². The standard InChI is InChI=1S/C11H21ClN2/c1-3-4-13-5-7-14(8-6-13)10-11(2)9-12/h2-10H2,1H3. The summed E-state index contributed by atoms with van der Waals surface area (Å²) in [6.45, 7) is 13.1. The lowest BCUT2D eigenvalue weighted by Crippen LogP contribution is -2.46. The summed E-state index contributed by atoms with van der Waals surface area (Å²) in [5.74, 6) is 0.592. The molecular formula is C11H21ClN2. The van der Waals surface area contributed by atoms with E-state index < -0.39 is 0 Å². The van der Waals surface area contributed by atoms with Crippen molar-refractivity contribution in [2.24, 2.45) is 0 Å². The van der Waals surface area contributed by atoms with Crippen molar-refractivity contribution in [3.05, 3.63) is 12.2 Å². The zero-order valence-corrected chi connectivity index (χ0v) is 9.89. The molecule has 14 heavy (non-hydrogen) atoms. The summed E-state index contributed by atoms with van der Waals surface area (Å²) < 4.78 is 0. The lowest BCUT2D eigenvalue weighted by Gasteiger charge is -2.34. The van der Waals surface area contributed by atoms with Gasteiger partial charge in [-0.3, -0.25) is 4.90 Å². The molecule has 0 bridgehead atoms. The fourth-order valence-corrected chi connectivity index (χ4v) is 1.93. The molecule has 3 heteroatoms. The summed E-state index contributed by atoms with van der Waals surface area (Å²) in [5, 5.41) is 0. The van der Waals surface area contributed by atoms with Crippen LogP contribution in [-0.4, -0.2) is 54.9 Å². The number of hydrogen-bond donors (Lipinski definition) is 0. The first-order valence-corrected chi connectivity index (χ1v) is 5.97. The van der Waals surface area contributed by atoms with Gasteiger partial charge in [0.1, 0.15) is 0 Å². The number of hydrogen-bond acceptors (Lipinski definition) is 2. The molecule has 82 valence electrons. The van der Waals surface area contributed by atoms with Gasteiger partial charge in [-0.15, -0.1) is 11.6 Å². The molecule has 1 rings (SSSR count). The van der Waals surface area contributed by atoms with Crippen LogP contribution in [0.15, 0.2) is 12.2 Å². The van der Waals surface area contributed by atoms with Crippen molar-refractivity contribution >= 4 is 11.6 Å². The molecule has 1 heterocycles. The Hall–Kier alpha value is -0.0500. The first-order chi connectivity index (χ1) is 6.76. The van der Waals surface area contributed by atoms with E-state index in [-0.39, 0.29) is 0 Å². The summed E-state index contributed by atoms with van der Waals surface area (Å²) in [6, 6.07) is 0. The van der Waals surface area contributed by atoms with Gasteiger partial charge < -0.3 is 4.90 Å². The summed E-state index contributed by atoms with van der Waals surface area (Å²) in [6.07, 6.45) is 1.26. The monoisotopic (exact) mass is 216 g/mol. The van der Waals surface area contributed by atoms with Crippen molar-refractivity contribution in [3.63, 3.8) is 0 Å². The Morgan fingerprint density at radius 2 is 1.79 bits per heavy atom. The van der Waals surface area contributed by atoms with Gasteiger partial charge in [0, 0.05) is 38.6 Å². The molecule has 0 N–H and O–H groups in total. The lowest BCUT2D eigenvalue weighted by atomic mass is 10.2. The highest BCUT2D eigenvalue weighted by Crippen LogP contribution is 2.05. The van der Waals surface area contributed by atoms with Crippen molar-refractivity contribution in [1.29, 1.82) is 0 Å². The van der Waals surface area contributed by atoms with Crippen LogP contribution in [0.5, 0.6) is 0 Å². The molecule has 0 atom stereocenters. The Morgan fingerprint density at radius 3 is 2.29 bits per heavy atom. The highest BCUT2D eigenvalue weighted by atomic mass is 35.5. The van der Waals surface area contributed by atoms with Crippen LogP contribution >= 0.6 is 11.6 Å². The molecule has 0 saturated carbocycles. The zero-order valence-electron chi connectivity index (χ0n) is 9.14. The molecule has 0 aliphatic carbocycles. The topological polar surface area (TPSA) is 6.48 Å². The molecule has 1 saturated heterocycles. The maximum Gasteiger partial charge on any atom is 0.0443 e. The van der Waals surface area contributed by atoms with Crippen LogP contribution in [0.4, 0.5) is 0 Å². The van der Waals surface area contributed by atoms with Crippen molar-refractivity contribution < 1.29 is 0 Å². The minimum absolute atomic E-state index is 0.592. The lowest BCUT2D eigenvalue weighted by molar-refractivity contribution is 0.141. The van der Waals surface area contributed by atoms with Crippen molar-refractivity contribution in [1.82, 2.24) is 9.80 Å². The van der Waals surface area contributed by atoms with Gasteiger partial charge in [0.05, 0.1) is 0 Å². The van der Waals surface area contributed by atoms with Crippen LogP contribution in [0.3, 0.4) is 0 Å². The van der Waals surface area contributed by atoms with Gasteiger partial charge in [-0.2, -0.15) is 0 Å². The van der Waals surface area contributed by atoms with E-state index in [9.17, 15) is 0 Å². The maximum absolute atomic E-state index is 5.71. The third-order valence-electron chi connectivity index (χ3n) is 2.64. The average molecular weight is 217 g/mol. The quantitative estimate of drug-likeness (QED) is 0.511. The predicted octanol–water partition coefficient (Wildman–Crippen LogP) is 1.81. The molecule has 0 aromatic carbocycles. The van der Waals surface area contributed by atoms with Crippen LogP contribution in [0.25, 0.3) is 0 Å². The Bertz CT molecular complexity index is 174. The second-order valence-corrected chi connectivity index (χ2v) is 4.27. The molecule has 0 radical (unpaired) electrons. The summed E-state index contributed by atoms with van der Waals surface area (Å²) in [7, 11) is 0. The Morgan fingerprint density at radius 1 is 1.21 bits per heavy atom. The van der Waals surface area contributed by atoms with Gasteiger partial charge in [-0.05, 0) is 18.5 Å². The molecule has 1 aliphatic heterocycles. The van der Waals surface area contributed by atoms with E-state index >= 15 is 0 Å². The van der Waals surface area contributed by atoms with Crippen molar-refractivity contribution in [2.45, 2.75) is 13.3 Å². The van der Waals surface area contributed by atoms with E-state index in [1.165, 1.54) is 26.1 Å². The molecule has 2 nitrogen and oxygen atoms in total. The smallest absolute Gasteiger partial charge is 0.0443 e.